The fraction of sp³-hybridized carbons (Fsp3) is 0.556. The lowest BCUT2D eigenvalue weighted by molar-refractivity contribution is -0.121. The second-order valence-electron chi connectivity index (χ2n) is 6.97. The lowest BCUT2D eigenvalue weighted by atomic mass is 9.98. The SMILES string of the molecule is CN1CCCN(CC(=O)N[C@@](C)(C#N)C2CC2)c2cc(F)ccc21. The van der Waals surface area contributed by atoms with Crippen molar-refractivity contribution in [3.63, 3.8) is 0 Å². The summed E-state index contributed by atoms with van der Waals surface area (Å²) < 4.78 is 13.7. The molecule has 0 aromatic heterocycles. The van der Waals surface area contributed by atoms with Crippen molar-refractivity contribution >= 4 is 17.3 Å². The van der Waals surface area contributed by atoms with Gasteiger partial charge in [0.05, 0.1) is 24.0 Å². The summed E-state index contributed by atoms with van der Waals surface area (Å²) >= 11 is 0. The molecule has 3 rings (SSSR count). The van der Waals surface area contributed by atoms with Crippen molar-refractivity contribution in [2.75, 3.05) is 36.5 Å². The molecule has 0 bridgehead atoms. The van der Waals surface area contributed by atoms with E-state index in [0.717, 1.165) is 37.2 Å². The van der Waals surface area contributed by atoms with Crippen LogP contribution >= 0.6 is 0 Å². The Labute approximate surface area is 142 Å². The second-order valence-corrected chi connectivity index (χ2v) is 6.97. The first-order valence-corrected chi connectivity index (χ1v) is 8.41. The smallest absolute Gasteiger partial charge is 0.240 e. The van der Waals surface area contributed by atoms with Crippen molar-refractivity contribution in [2.24, 2.45) is 5.92 Å². The van der Waals surface area contributed by atoms with E-state index in [1.807, 2.05) is 11.9 Å². The molecule has 6 heteroatoms. The molecule has 1 saturated carbocycles. The molecular weight excluding hydrogens is 307 g/mol. The Hall–Kier alpha value is -2.29. The summed E-state index contributed by atoms with van der Waals surface area (Å²) in [6.45, 7) is 3.45. The summed E-state index contributed by atoms with van der Waals surface area (Å²) in [6.07, 6.45) is 2.85. The third-order valence-corrected chi connectivity index (χ3v) is 4.97. The second kappa shape index (κ2) is 6.31. The number of fused-ring (bicyclic) bond motifs is 1. The fourth-order valence-corrected chi connectivity index (χ4v) is 3.36. The van der Waals surface area contributed by atoms with Crippen LogP contribution in [0, 0.1) is 23.1 Å². The van der Waals surface area contributed by atoms with Gasteiger partial charge in [0.15, 0.2) is 0 Å². The maximum atomic E-state index is 13.7. The third kappa shape index (κ3) is 3.30. The number of carbonyl (C=O) groups is 1. The van der Waals surface area contributed by atoms with Crippen molar-refractivity contribution in [3.8, 4) is 6.07 Å². The van der Waals surface area contributed by atoms with Crippen LogP contribution in [0.15, 0.2) is 18.2 Å². The number of nitriles is 1. The van der Waals surface area contributed by atoms with Crippen LogP contribution in [0.25, 0.3) is 0 Å². The molecule has 2 aliphatic rings. The van der Waals surface area contributed by atoms with Crippen LogP contribution < -0.4 is 15.1 Å². The Morgan fingerprint density at radius 3 is 2.83 bits per heavy atom. The highest BCUT2D eigenvalue weighted by atomic mass is 19.1. The predicted octanol–water partition coefficient (Wildman–Crippen LogP) is 2.28. The van der Waals surface area contributed by atoms with Crippen molar-refractivity contribution in [3.05, 3.63) is 24.0 Å². The molecule has 0 unspecified atom stereocenters. The van der Waals surface area contributed by atoms with Gasteiger partial charge in [-0.2, -0.15) is 5.26 Å². The van der Waals surface area contributed by atoms with E-state index in [0.29, 0.717) is 6.54 Å². The van der Waals surface area contributed by atoms with E-state index in [9.17, 15) is 14.4 Å². The van der Waals surface area contributed by atoms with Gasteiger partial charge in [0.2, 0.25) is 5.91 Å². The quantitative estimate of drug-likeness (QED) is 0.920. The molecule has 0 radical (unpaired) electrons. The van der Waals surface area contributed by atoms with E-state index in [-0.39, 0.29) is 24.2 Å². The Bertz CT molecular complexity index is 682. The number of nitrogens with one attached hydrogen (secondary N) is 1. The van der Waals surface area contributed by atoms with Crippen LogP contribution in [-0.4, -0.2) is 38.1 Å². The molecule has 5 nitrogen and oxygen atoms in total. The summed E-state index contributed by atoms with van der Waals surface area (Å²) in [5.41, 5.74) is 0.854. The van der Waals surface area contributed by atoms with Gasteiger partial charge in [-0.25, -0.2) is 4.39 Å². The normalized spacial score (nSPS) is 19.8. The van der Waals surface area contributed by atoms with E-state index in [2.05, 4.69) is 16.3 Å². The standard InChI is InChI=1S/C18H23FN4O/c1-18(12-20,13-4-5-13)21-17(24)11-23-9-3-8-22(2)15-7-6-14(19)10-16(15)23/h6-7,10,13H,3-5,8-9,11H2,1-2H3,(H,21,24)/t18-/m0/s1. The molecule has 0 saturated heterocycles. The Morgan fingerprint density at radius 2 is 2.17 bits per heavy atom. The number of benzene rings is 1. The molecule has 1 N–H and O–H groups in total. The highest BCUT2D eigenvalue weighted by Gasteiger charge is 2.43. The summed E-state index contributed by atoms with van der Waals surface area (Å²) in [4.78, 5) is 16.5. The minimum Gasteiger partial charge on any atom is -0.373 e. The average molecular weight is 330 g/mol. The lowest BCUT2D eigenvalue weighted by Gasteiger charge is -2.28. The number of halogens is 1. The maximum absolute atomic E-state index is 13.7. The largest absolute Gasteiger partial charge is 0.373 e. The zero-order valence-corrected chi connectivity index (χ0v) is 14.2. The maximum Gasteiger partial charge on any atom is 0.240 e. The predicted molar refractivity (Wildman–Crippen MR) is 91.4 cm³/mol. The topological polar surface area (TPSA) is 59.4 Å². The minimum atomic E-state index is -0.801. The fourth-order valence-electron chi connectivity index (χ4n) is 3.36. The van der Waals surface area contributed by atoms with E-state index >= 15 is 0 Å². The molecule has 1 aliphatic carbocycles. The molecule has 1 aromatic rings. The molecule has 1 atom stereocenters. The van der Waals surface area contributed by atoms with Crippen LogP contribution in [0.1, 0.15) is 26.2 Å². The molecule has 1 aromatic carbocycles. The van der Waals surface area contributed by atoms with Crippen LogP contribution in [-0.2, 0) is 4.79 Å². The Balaban J connectivity index is 1.77. The number of amides is 1. The number of carbonyl (C=O) groups excluding carboxylic acids is 1. The Kier molecular flexibility index (Phi) is 4.35. The van der Waals surface area contributed by atoms with E-state index < -0.39 is 5.54 Å². The molecule has 0 spiro atoms. The van der Waals surface area contributed by atoms with Gasteiger partial charge in [0.1, 0.15) is 11.4 Å². The monoisotopic (exact) mass is 330 g/mol. The first-order chi connectivity index (χ1) is 11.4. The van der Waals surface area contributed by atoms with Crippen LogP contribution in [0.4, 0.5) is 15.8 Å². The van der Waals surface area contributed by atoms with Crippen molar-refractivity contribution in [1.29, 1.82) is 5.26 Å². The number of hydrogen-bond acceptors (Lipinski definition) is 4. The Morgan fingerprint density at radius 1 is 1.42 bits per heavy atom. The number of anilines is 2. The summed E-state index contributed by atoms with van der Waals surface area (Å²) in [7, 11) is 1.97. The van der Waals surface area contributed by atoms with Crippen molar-refractivity contribution in [2.45, 2.75) is 31.7 Å². The van der Waals surface area contributed by atoms with Crippen molar-refractivity contribution < 1.29 is 9.18 Å². The van der Waals surface area contributed by atoms with E-state index in [4.69, 9.17) is 0 Å². The molecule has 1 aliphatic heterocycles. The van der Waals surface area contributed by atoms with Gasteiger partial charge in [-0.1, -0.05) is 0 Å². The molecular formula is C18H23FN4O. The van der Waals surface area contributed by atoms with Gasteiger partial charge in [-0.15, -0.1) is 0 Å². The zero-order chi connectivity index (χ0) is 17.3. The van der Waals surface area contributed by atoms with Crippen LogP contribution in [0.5, 0.6) is 0 Å². The van der Waals surface area contributed by atoms with E-state index in [1.54, 1.807) is 13.0 Å². The highest BCUT2D eigenvalue weighted by Crippen LogP contribution is 2.39. The van der Waals surface area contributed by atoms with Crippen LogP contribution in [0.2, 0.25) is 0 Å². The minimum absolute atomic E-state index is 0.133. The van der Waals surface area contributed by atoms with Gasteiger partial charge in [-0.3, -0.25) is 4.79 Å². The molecule has 1 amide bonds. The highest BCUT2D eigenvalue weighted by molar-refractivity contribution is 5.84. The van der Waals surface area contributed by atoms with Crippen molar-refractivity contribution in [1.82, 2.24) is 5.32 Å². The lowest BCUT2D eigenvalue weighted by Crippen LogP contribution is -2.50. The van der Waals surface area contributed by atoms with Gasteiger partial charge in [0.25, 0.3) is 0 Å². The summed E-state index contributed by atoms with van der Waals surface area (Å²) in [5, 5.41) is 12.3. The number of rotatable bonds is 4. The first kappa shape index (κ1) is 16.6. The average Bonchev–Trinajstić information content (AvgIpc) is 3.38. The van der Waals surface area contributed by atoms with Gasteiger partial charge in [0, 0.05) is 20.1 Å². The molecule has 1 fully saturated rings. The zero-order valence-electron chi connectivity index (χ0n) is 14.2. The summed E-state index contributed by atoms with van der Waals surface area (Å²) in [6, 6.07) is 6.92. The van der Waals surface area contributed by atoms with E-state index in [1.165, 1.54) is 12.1 Å². The van der Waals surface area contributed by atoms with Gasteiger partial charge < -0.3 is 15.1 Å². The molecule has 128 valence electrons. The number of hydrogen-bond donors (Lipinski definition) is 1. The summed E-state index contributed by atoms with van der Waals surface area (Å²) in [5.74, 6) is -0.258. The van der Waals surface area contributed by atoms with Gasteiger partial charge >= 0.3 is 0 Å². The molecule has 1 heterocycles. The van der Waals surface area contributed by atoms with Gasteiger partial charge in [-0.05, 0) is 50.3 Å². The third-order valence-electron chi connectivity index (χ3n) is 4.97. The van der Waals surface area contributed by atoms with Crippen LogP contribution in [0.3, 0.4) is 0 Å². The first-order valence-electron chi connectivity index (χ1n) is 8.41. The number of nitrogens with zero attached hydrogens (tertiary/aromatic N) is 3. The molecule has 24 heavy (non-hydrogen) atoms.